The Morgan fingerprint density at radius 3 is 2.47 bits per heavy atom. The number of hydrogen-bond acceptors (Lipinski definition) is 2. The van der Waals surface area contributed by atoms with Crippen molar-refractivity contribution in [1.82, 2.24) is 4.90 Å². The van der Waals surface area contributed by atoms with Crippen LogP contribution in [0.3, 0.4) is 0 Å². The normalized spacial score (nSPS) is 14.0. The van der Waals surface area contributed by atoms with Gasteiger partial charge in [0.05, 0.1) is 0 Å². The monoisotopic (exact) mass is 264 g/mol. The van der Waals surface area contributed by atoms with Crippen molar-refractivity contribution in [3.8, 4) is 0 Å². The maximum atomic E-state index is 12.7. The Bertz CT molecular complexity index is 469. The van der Waals surface area contributed by atoms with Gasteiger partial charge in [-0.25, -0.2) is 4.39 Å². The van der Waals surface area contributed by atoms with Gasteiger partial charge in [0.1, 0.15) is 5.82 Å². The molecule has 0 atom stereocenters. The lowest BCUT2D eigenvalue weighted by atomic mass is 10.3. The number of amides is 2. The fourth-order valence-electron chi connectivity index (χ4n) is 1.96. The lowest BCUT2D eigenvalue weighted by Gasteiger charge is -2.20. The van der Waals surface area contributed by atoms with Crippen LogP contribution in [0.1, 0.15) is 26.2 Å². The summed E-state index contributed by atoms with van der Waals surface area (Å²) in [6.07, 6.45) is 2.31. The number of nitrogens with one attached hydrogen (secondary N) is 1. The minimum Gasteiger partial charge on any atom is -0.339 e. The quantitative estimate of drug-likeness (QED) is 0.886. The zero-order chi connectivity index (χ0) is 13.8. The maximum Gasteiger partial charge on any atom is 0.226 e. The second kappa shape index (κ2) is 5.82. The van der Waals surface area contributed by atoms with E-state index in [0.717, 1.165) is 12.8 Å². The Labute approximate surface area is 111 Å². The summed E-state index contributed by atoms with van der Waals surface area (Å²) in [6, 6.07) is 5.92. The van der Waals surface area contributed by atoms with Gasteiger partial charge in [0.15, 0.2) is 0 Å². The minimum absolute atomic E-state index is 0.0112. The van der Waals surface area contributed by atoms with Crippen LogP contribution in [0.2, 0.25) is 0 Å². The number of nitrogens with zero attached hydrogens (tertiary/aromatic N) is 1. The number of carbonyl (C=O) groups excluding carboxylic acids is 2. The molecule has 2 rings (SSSR count). The first-order chi connectivity index (χ1) is 9.06. The minimum atomic E-state index is -0.338. The van der Waals surface area contributed by atoms with Crippen LogP contribution in [-0.4, -0.2) is 29.3 Å². The van der Waals surface area contributed by atoms with Crippen molar-refractivity contribution in [2.24, 2.45) is 0 Å². The smallest absolute Gasteiger partial charge is 0.226 e. The van der Waals surface area contributed by atoms with E-state index in [2.05, 4.69) is 5.32 Å². The molecule has 2 amide bonds. The highest BCUT2D eigenvalue weighted by atomic mass is 19.1. The SMILES string of the molecule is CC(=O)N(CCC(=O)Nc1ccc(F)cc1)C1CC1. The van der Waals surface area contributed by atoms with Crippen molar-refractivity contribution in [2.45, 2.75) is 32.2 Å². The molecule has 1 aromatic rings. The Hall–Kier alpha value is -1.91. The molecule has 1 fully saturated rings. The van der Waals surface area contributed by atoms with E-state index in [1.807, 2.05) is 0 Å². The number of hydrogen-bond donors (Lipinski definition) is 1. The molecule has 0 aromatic heterocycles. The van der Waals surface area contributed by atoms with Gasteiger partial charge in [-0.15, -0.1) is 0 Å². The lowest BCUT2D eigenvalue weighted by molar-refractivity contribution is -0.129. The van der Waals surface area contributed by atoms with Crippen molar-refractivity contribution in [3.05, 3.63) is 30.1 Å². The van der Waals surface area contributed by atoms with Gasteiger partial charge in [0, 0.05) is 31.6 Å². The summed E-state index contributed by atoms with van der Waals surface area (Å²) in [4.78, 5) is 24.9. The molecule has 1 saturated carbocycles. The molecule has 5 heteroatoms. The summed E-state index contributed by atoms with van der Waals surface area (Å²) in [5.74, 6) is -0.495. The van der Waals surface area contributed by atoms with Crippen LogP contribution in [0.4, 0.5) is 10.1 Å². The molecule has 19 heavy (non-hydrogen) atoms. The first kappa shape index (κ1) is 13.5. The van der Waals surface area contributed by atoms with Gasteiger partial charge >= 0.3 is 0 Å². The van der Waals surface area contributed by atoms with Gasteiger partial charge in [-0.3, -0.25) is 9.59 Å². The van der Waals surface area contributed by atoms with Gasteiger partial charge in [0.25, 0.3) is 0 Å². The highest BCUT2D eigenvalue weighted by molar-refractivity contribution is 5.91. The third-order valence-corrected chi connectivity index (χ3v) is 3.10. The summed E-state index contributed by atoms with van der Waals surface area (Å²) in [6.45, 7) is 1.96. The van der Waals surface area contributed by atoms with E-state index in [1.165, 1.54) is 31.2 Å². The third-order valence-electron chi connectivity index (χ3n) is 3.10. The van der Waals surface area contributed by atoms with E-state index in [4.69, 9.17) is 0 Å². The van der Waals surface area contributed by atoms with E-state index in [9.17, 15) is 14.0 Å². The molecule has 1 aliphatic rings. The Morgan fingerprint density at radius 2 is 1.95 bits per heavy atom. The predicted molar refractivity (Wildman–Crippen MR) is 70.1 cm³/mol. The van der Waals surface area contributed by atoms with E-state index in [-0.39, 0.29) is 24.1 Å². The summed E-state index contributed by atoms with van der Waals surface area (Å²) < 4.78 is 12.7. The Balaban J connectivity index is 1.80. The fraction of sp³-hybridized carbons (Fsp3) is 0.429. The van der Waals surface area contributed by atoms with Gasteiger partial charge in [0.2, 0.25) is 11.8 Å². The van der Waals surface area contributed by atoms with Gasteiger partial charge < -0.3 is 10.2 Å². The van der Waals surface area contributed by atoms with Crippen LogP contribution >= 0.6 is 0 Å². The molecule has 1 aromatic carbocycles. The van der Waals surface area contributed by atoms with Crippen LogP contribution in [0, 0.1) is 5.82 Å². The summed E-state index contributed by atoms with van der Waals surface area (Å²) >= 11 is 0. The summed E-state index contributed by atoms with van der Waals surface area (Å²) in [5.41, 5.74) is 0.562. The van der Waals surface area contributed by atoms with E-state index in [0.29, 0.717) is 18.3 Å². The average Bonchev–Trinajstić information content (AvgIpc) is 3.16. The summed E-state index contributed by atoms with van der Waals surface area (Å²) in [7, 11) is 0. The average molecular weight is 264 g/mol. The maximum absolute atomic E-state index is 12.7. The number of rotatable bonds is 5. The van der Waals surface area contributed by atoms with Crippen molar-refractivity contribution in [1.29, 1.82) is 0 Å². The number of halogens is 1. The van der Waals surface area contributed by atoms with E-state index < -0.39 is 0 Å². The zero-order valence-corrected chi connectivity index (χ0v) is 10.9. The molecule has 0 radical (unpaired) electrons. The molecule has 0 spiro atoms. The zero-order valence-electron chi connectivity index (χ0n) is 10.9. The van der Waals surface area contributed by atoms with Gasteiger partial charge in [-0.1, -0.05) is 0 Å². The van der Waals surface area contributed by atoms with E-state index in [1.54, 1.807) is 4.90 Å². The first-order valence-electron chi connectivity index (χ1n) is 6.39. The molecule has 0 saturated heterocycles. The topological polar surface area (TPSA) is 49.4 Å². The van der Waals surface area contributed by atoms with Crippen LogP contribution < -0.4 is 5.32 Å². The van der Waals surface area contributed by atoms with Crippen LogP contribution in [0.15, 0.2) is 24.3 Å². The van der Waals surface area contributed by atoms with Gasteiger partial charge in [-0.2, -0.15) is 0 Å². The molecule has 1 aliphatic carbocycles. The van der Waals surface area contributed by atoms with Crippen molar-refractivity contribution < 1.29 is 14.0 Å². The molecule has 0 heterocycles. The molecule has 0 bridgehead atoms. The number of anilines is 1. The largest absolute Gasteiger partial charge is 0.339 e. The van der Waals surface area contributed by atoms with Crippen molar-refractivity contribution in [2.75, 3.05) is 11.9 Å². The number of benzene rings is 1. The summed E-state index contributed by atoms with van der Waals surface area (Å²) in [5, 5.41) is 2.68. The molecule has 0 unspecified atom stereocenters. The highest BCUT2D eigenvalue weighted by Crippen LogP contribution is 2.26. The van der Waals surface area contributed by atoms with E-state index >= 15 is 0 Å². The van der Waals surface area contributed by atoms with Crippen molar-refractivity contribution >= 4 is 17.5 Å². The van der Waals surface area contributed by atoms with Crippen molar-refractivity contribution in [3.63, 3.8) is 0 Å². The number of carbonyl (C=O) groups is 2. The van der Waals surface area contributed by atoms with Crippen LogP contribution in [-0.2, 0) is 9.59 Å². The van der Waals surface area contributed by atoms with Crippen LogP contribution in [0.25, 0.3) is 0 Å². The molecular formula is C14H17FN2O2. The predicted octanol–water partition coefficient (Wildman–Crippen LogP) is 2.17. The Kier molecular flexibility index (Phi) is 4.14. The second-order valence-electron chi connectivity index (χ2n) is 4.75. The standard InChI is InChI=1S/C14H17FN2O2/c1-10(18)17(13-6-7-13)9-8-14(19)16-12-4-2-11(15)3-5-12/h2-5,13H,6-9H2,1H3,(H,16,19). The molecule has 0 aliphatic heterocycles. The first-order valence-corrected chi connectivity index (χ1v) is 6.39. The third kappa shape index (κ3) is 4.05. The molecular weight excluding hydrogens is 247 g/mol. The van der Waals surface area contributed by atoms with Gasteiger partial charge in [-0.05, 0) is 37.1 Å². The molecule has 102 valence electrons. The second-order valence-corrected chi connectivity index (χ2v) is 4.75. The highest BCUT2D eigenvalue weighted by Gasteiger charge is 2.30. The molecule has 1 N–H and O–H groups in total. The lowest BCUT2D eigenvalue weighted by Crippen LogP contribution is -2.33. The Morgan fingerprint density at radius 1 is 1.32 bits per heavy atom. The van der Waals surface area contributed by atoms with Crippen LogP contribution in [0.5, 0.6) is 0 Å². The molecule has 4 nitrogen and oxygen atoms in total. The fourth-order valence-corrected chi connectivity index (χ4v) is 1.96.